The van der Waals surface area contributed by atoms with Gasteiger partial charge in [-0.05, 0) is 36.4 Å². The maximum Gasteiger partial charge on any atom is 0.230 e. The van der Waals surface area contributed by atoms with Crippen LogP contribution in [0, 0.1) is 0 Å². The van der Waals surface area contributed by atoms with Gasteiger partial charge < -0.3 is 10.1 Å². The number of thiazole rings is 1. The Bertz CT molecular complexity index is 1180. The second-order valence-electron chi connectivity index (χ2n) is 6.85. The Morgan fingerprint density at radius 1 is 0.875 bits per heavy atom. The number of nitrogens with zero attached hydrogens (tertiary/aromatic N) is 1. The molecule has 0 aliphatic rings. The van der Waals surface area contributed by atoms with Gasteiger partial charge in [0.25, 0.3) is 0 Å². The molecule has 0 spiro atoms. The smallest absolute Gasteiger partial charge is 0.230 e. The summed E-state index contributed by atoms with van der Waals surface area (Å²) in [6.07, 6.45) is 0.173. The van der Waals surface area contributed by atoms with E-state index in [0.717, 1.165) is 10.1 Å². The van der Waals surface area contributed by atoms with Gasteiger partial charge in [-0.1, -0.05) is 60.3 Å². The van der Waals surface area contributed by atoms with Gasteiger partial charge in [0.05, 0.1) is 17.9 Å². The van der Waals surface area contributed by atoms with Crippen molar-refractivity contribution in [3.63, 3.8) is 0 Å². The summed E-state index contributed by atoms with van der Waals surface area (Å²) >= 11 is 2.83. The van der Waals surface area contributed by atoms with E-state index in [1.165, 1.54) is 23.1 Å². The van der Waals surface area contributed by atoms with Gasteiger partial charge >= 0.3 is 0 Å². The minimum Gasteiger partial charge on any atom is -0.457 e. The number of anilines is 1. The molecule has 1 heterocycles. The molecule has 160 valence electrons. The fourth-order valence-corrected chi connectivity index (χ4v) is 4.61. The summed E-state index contributed by atoms with van der Waals surface area (Å²) < 4.78 is 6.53. The number of benzene rings is 3. The van der Waals surface area contributed by atoms with Crippen LogP contribution in [0.5, 0.6) is 11.5 Å². The normalized spacial score (nSPS) is 10.5. The number of ether oxygens (including phenoxy) is 1. The van der Waals surface area contributed by atoms with E-state index < -0.39 is 0 Å². The summed E-state index contributed by atoms with van der Waals surface area (Å²) in [4.78, 5) is 29.1. The van der Waals surface area contributed by atoms with Crippen LogP contribution >= 0.6 is 23.1 Å². The van der Waals surface area contributed by atoms with Crippen LogP contribution in [-0.2, 0) is 11.2 Å². The van der Waals surface area contributed by atoms with Crippen LogP contribution < -0.4 is 10.1 Å². The number of Topliss-reactive ketones (excluding diaryl/α,β-unsaturated/α-hetero) is 1. The standard InChI is InChI=1S/C25H20N2O3S2/c28-23(18-7-3-1-4-8-18)17-32-25-27-20(16-31-25)15-24(29)26-19-11-13-22(14-12-19)30-21-9-5-2-6-10-21/h1-14,16H,15,17H2,(H,26,29). The van der Waals surface area contributed by atoms with Crippen LogP contribution in [0.2, 0.25) is 0 Å². The zero-order valence-corrected chi connectivity index (χ0v) is 18.7. The van der Waals surface area contributed by atoms with Crippen molar-refractivity contribution in [1.29, 1.82) is 0 Å². The van der Waals surface area contributed by atoms with Gasteiger partial charge in [0.1, 0.15) is 11.5 Å². The summed E-state index contributed by atoms with van der Waals surface area (Å²) in [5.74, 6) is 1.68. The van der Waals surface area contributed by atoms with Crippen molar-refractivity contribution in [2.75, 3.05) is 11.1 Å². The monoisotopic (exact) mass is 460 g/mol. The molecule has 5 nitrogen and oxygen atoms in total. The maximum atomic E-state index is 12.4. The van der Waals surface area contributed by atoms with Gasteiger partial charge in [-0.3, -0.25) is 9.59 Å². The highest BCUT2D eigenvalue weighted by Crippen LogP contribution is 2.25. The molecule has 0 saturated heterocycles. The van der Waals surface area contributed by atoms with Crippen LogP contribution in [0.15, 0.2) is 94.6 Å². The number of hydrogen-bond donors (Lipinski definition) is 1. The molecule has 3 aromatic carbocycles. The number of ketones is 1. The number of nitrogens with one attached hydrogen (secondary N) is 1. The van der Waals surface area contributed by atoms with Gasteiger partial charge in [-0.2, -0.15) is 0 Å². The summed E-state index contributed by atoms with van der Waals surface area (Å²) in [5.41, 5.74) is 2.07. The number of amides is 1. The quantitative estimate of drug-likeness (QED) is 0.242. The topological polar surface area (TPSA) is 68.3 Å². The molecule has 0 unspecified atom stereocenters. The van der Waals surface area contributed by atoms with E-state index in [2.05, 4.69) is 10.3 Å². The number of carbonyl (C=O) groups excluding carboxylic acids is 2. The fraction of sp³-hybridized carbons (Fsp3) is 0.0800. The Kier molecular flexibility index (Phi) is 7.32. The van der Waals surface area contributed by atoms with Crippen molar-refractivity contribution in [1.82, 2.24) is 4.98 Å². The molecule has 0 fully saturated rings. The van der Waals surface area contributed by atoms with Crippen molar-refractivity contribution in [3.8, 4) is 11.5 Å². The zero-order chi connectivity index (χ0) is 22.2. The highest BCUT2D eigenvalue weighted by molar-refractivity contribution is 8.01. The molecule has 1 amide bonds. The first-order valence-corrected chi connectivity index (χ1v) is 11.8. The molecule has 32 heavy (non-hydrogen) atoms. The molecule has 4 aromatic rings. The summed E-state index contributed by atoms with van der Waals surface area (Å²) in [6, 6.07) is 25.9. The van der Waals surface area contributed by atoms with E-state index in [1.54, 1.807) is 24.3 Å². The first-order valence-electron chi connectivity index (χ1n) is 9.94. The van der Waals surface area contributed by atoms with Crippen molar-refractivity contribution in [2.24, 2.45) is 0 Å². The van der Waals surface area contributed by atoms with E-state index in [4.69, 9.17) is 4.74 Å². The van der Waals surface area contributed by atoms with E-state index >= 15 is 0 Å². The minimum absolute atomic E-state index is 0.0600. The molecule has 1 N–H and O–H groups in total. The van der Waals surface area contributed by atoms with Crippen molar-refractivity contribution < 1.29 is 14.3 Å². The number of para-hydroxylation sites is 1. The largest absolute Gasteiger partial charge is 0.457 e. The molecule has 0 atom stereocenters. The molecule has 0 aliphatic carbocycles. The fourth-order valence-electron chi connectivity index (χ4n) is 2.87. The average molecular weight is 461 g/mol. The molecular formula is C25H20N2O3S2. The lowest BCUT2D eigenvalue weighted by atomic mass is 10.2. The summed E-state index contributed by atoms with van der Waals surface area (Å²) in [7, 11) is 0. The Balaban J connectivity index is 1.25. The Labute approximate surface area is 194 Å². The molecular weight excluding hydrogens is 440 g/mol. The third-order valence-electron chi connectivity index (χ3n) is 4.41. The molecule has 1 aromatic heterocycles. The van der Waals surface area contributed by atoms with E-state index in [1.807, 2.05) is 66.0 Å². The van der Waals surface area contributed by atoms with Crippen molar-refractivity contribution >= 4 is 40.5 Å². The van der Waals surface area contributed by atoms with Gasteiger partial charge in [-0.25, -0.2) is 4.98 Å². The molecule has 0 saturated carbocycles. The third kappa shape index (κ3) is 6.29. The van der Waals surface area contributed by atoms with Crippen LogP contribution in [0.3, 0.4) is 0 Å². The minimum atomic E-state index is -0.149. The van der Waals surface area contributed by atoms with Gasteiger partial charge in [0.2, 0.25) is 5.91 Å². The number of hydrogen-bond acceptors (Lipinski definition) is 6. The van der Waals surface area contributed by atoms with Crippen LogP contribution in [-0.4, -0.2) is 22.4 Å². The lowest BCUT2D eigenvalue weighted by molar-refractivity contribution is -0.115. The third-order valence-corrected chi connectivity index (χ3v) is 6.48. The SMILES string of the molecule is O=C(Cc1csc(SCC(=O)c2ccccc2)n1)Nc1ccc(Oc2ccccc2)cc1. The molecule has 7 heteroatoms. The van der Waals surface area contributed by atoms with Crippen LogP contribution in [0.25, 0.3) is 0 Å². The van der Waals surface area contributed by atoms with E-state index in [0.29, 0.717) is 28.4 Å². The average Bonchev–Trinajstić information content (AvgIpc) is 3.27. The predicted octanol–water partition coefficient (Wildman–Crippen LogP) is 6.09. The first-order chi connectivity index (χ1) is 15.7. The highest BCUT2D eigenvalue weighted by Gasteiger charge is 2.11. The van der Waals surface area contributed by atoms with Gasteiger partial charge in [0.15, 0.2) is 10.1 Å². The highest BCUT2D eigenvalue weighted by atomic mass is 32.2. The lowest BCUT2D eigenvalue weighted by Crippen LogP contribution is -2.14. The summed E-state index contributed by atoms with van der Waals surface area (Å²) in [6.45, 7) is 0. The van der Waals surface area contributed by atoms with Gasteiger partial charge in [0, 0.05) is 16.6 Å². The number of rotatable bonds is 9. The Morgan fingerprint density at radius 3 is 2.25 bits per heavy atom. The van der Waals surface area contributed by atoms with Crippen molar-refractivity contribution in [2.45, 2.75) is 10.8 Å². The maximum absolute atomic E-state index is 12.4. The number of thioether (sulfide) groups is 1. The first kappa shape index (κ1) is 21.8. The van der Waals surface area contributed by atoms with Crippen LogP contribution in [0.4, 0.5) is 5.69 Å². The van der Waals surface area contributed by atoms with Crippen molar-refractivity contribution in [3.05, 3.63) is 102 Å². The molecule has 0 aliphatic heterocycles. The zero-order valence-electron chi connectivity index (χ0n) is 17.1. The predicted molar refractivity (Wildman–Crippen MR) is 129 cm³/mol. The van der Waals surface area contributed by atoms with Crippen LogP contribution in [0.1, 0.15) is 16.1 Å². The Morgan fingerprint density at radius 2 is 1.53 bits per heavy atom. The lowest BCUT2D eigenvalue weighted by Gasteiger charge is -2.07. The second kappa shape index (κ2) is 10.7. The Hall–Kier alpha value is -3.42. The second-order valence-corrected chi connectivity index (χ2v) is 8.93. The summed E-state index contributed by atoms with van der Waals surface area (Å²) in [5, 5.41) is 4.72. The van der Waals surface area contributed by atoms with Gasteiger partial charge in [-0.15, -0.1) is 11.3 Å². The van der Waals surface area contributed by atoms with E-state index in [9.17, 15) is 9.59 Å². The molecule has 0 radical (unpaired) electrons. The number of carbonyl (C=O) groups is 2. The number of aromatic nitrogens is 1. The molecule has 4 rings (SSSR count). The molecule has 0 bridgehead atoms. The van der Waals surface area contributed by atoms with E-state index in [-0.39, 0.29) is 18.1 Å².